The van der Waals surface area contributed by atoms with Crippen molar-refractivity contribution in [2.45, 2.75) is 52.5 Å². The standard InChI is InChI=1S/C15H25N3O.C2H6/c1-11(2)14-8-13(19-4)9-15(17-14)18-7-5-6-12(18)10-16-3;1-2/h8-9,11-12,16H,5-7,10H2,1-4H3;1-2H3. The highest BCUT2D eigenvalue weighted by atomic mass is 16.5. The Morgan fingerprint density at radius 1 is 1.38 bits per heavy atom. The largest absolute Gasteiger partial charge is 0.497 e. The highest BCUT2D eigenvalue weighted by molar-refractivity contribution is 5.47. The van der Waals surface area contributed by atoms with Crippen molar-refractivity contribution >= 4 is 5.82 Å². The molecule has 0 bridgehead atoms. The van der Waals surface area contributed by atoms with E-state index in [1.165, 1.54) is 12.8 Å². The Morgan fingerprint density at radius 3 is 2.67 bits per heavy atom. The van der Waals surface area contributed by atoms with Crippen molar-refractivity contribution < 1.29 is 4.74 Å². The molecule has 4 heteroatoms. The fourth-order valence-corrected chi connectivity index (χ4v) is 2.66. The van der Waals surface area contributed by atoms with E-state index in [2.05, 4.69) is 30.1 Å². The van der Waals surface area contributed by atoms with Gasteiger partial charge >= 0.3 is 0 Å². The number of likely N-dealkylation sites (N-methyl/N-ethyl adjacent to an activating group) is 1. The van der Waals surface area contributed by atoms with Crippen molar-refractivity contribution in [1.82, 2.24) is 10.3 Å². The maximum absolute atomic E-state index is 5.42. The summed E-state index contributed by atoms with van der Waals surface area (Å²) < 4.78 is 5.42. The summed E-state index contributed by atoms with van der Waals surface area (Å²) in [7, 11) is 3.73. The Labute approximate surface area is 129 Å². The highest BCUT2D eigenvalue weighted by Crippen LogP contribution is 2.29. The summed E-state index contributed by atoms with van der Waals surface area (Å²) in [5, 5.41) is 3.27. The average molecular weight is 293 g/mol. The predicted molar refractivity (Wildman–Crippen MR) is 90.5 cm³/mol. The van der Waals surface area contributed by atoms with Gasteiger partial charge in [0.25, 0.3) is 0 Å². The maximum Gasteiger partial charge on any atom is 0.132 e. The summed E-state index contributed by atoms with van der Waals surface area (Å²) in [6, 6.07) is 4.64. The van der Waals surface area contributed by atoms with E-state index >= 15 is 0 Å². The lowest BCUT2D eigenvalue weighted by molar-refractivity contribution is 0.413. The van der Waals surface area contributed by atoms with Crippen LogP contribution in [0.2, 0.25) is 0 Å². The van der Waals surface area contributed by atoms with Crippen LogP contribution < -0.4 is 15.0 Å². The third-order valence-corrected chi connectivity index (χ3v) is 3.74. The first kappa shape index (κ1) is 17.8. The van der Waals surface area contributed by atoms with Crippen molar-refractivity contribution in [3.05, 3.63) is 17.8 Å². The topological polar surface area (TPSA) is 37.4 Å². The van der Waals surface area contributed by atoms with Crippen LogP contribution in [0.25, 0.3) is 0 Å². The number of ether oxygens (including phenoxy) is 1. The zero-order chi connectivity index (χ0) is 15.8. The molecule has 2 rings (SSSR count). The molecule has 0 aromatic carbocycles. The van der Waals surface area contributed by atoms with Crippen molar-refractivity contribution in [1.29, 1.82) is 0 Å². The lowest BCUT2D eigenvalue weighted by Gasteiger charge is -2.26. The van der Waals surface area contributed by atoms with E-state index in [-0.39, 0.29) is 0 Å². The second-order valence-corrected chi connectivity index (χ2v) is 5.49. The fraction of sp³-hybridized carbons (Fsp3) is 0.706. The van der Waals surface area contributed by atoms with E-state index in [1.54, 1.807) is 7.11 Å². The Morgan fingerprint density at radius 2 is 2.10 bits per heavy atom. The zero-order valence-corrected chi connectivity index (χ0v) is 14.4. The lowest BCUT2D eigenvalue weighted by Crippen LogP contribution is -2.37. The second-order valence-electron chi connectivity index (χ2n) is 5.49. The molecule has 0 spiro atoms. The van der Waals surface area contributed by atoms with E-state index in [4.69, 9.17) is 9.72 Å². The smallest absolute Gasteiger partial charge is 0.132 e. The summed E-state index contributed by atoms with van der Waals surface area (Å²) in [6.45, 7) is 10.4. The normalized spacial score (nSPS) is 17.7. The van der Waals surface area contributed by atoms with Gasteiger partial charge in [-0.25, -0.2) is 4.98 Å². The van der Waals surface area contributed by atoms with Gasteiger partial charge in [-0.05, 0) is 25.8 Å². The fourth-order valence-electron chi connectivity index (χ4n) is 2.66. The van der Waals surface area contributed by atoms with Gasteiger partial charge in [-0.1, -0.05) is 27.7 Å². The predicted octanol–water partition coefficient (Wildman–Crippen LogP) is 3.43. The van der Waals surface area contributed by atoms with Crippen LogP contribution in [0.4, 0.5) is 5.82 Å². The number of hydrogen-bond acceptors (Lipinski definition) is 4. The van der Waals surface area contributed by atoms with Crippen LogP contribution in [-0.4, -0.2) is 38.3 Å². The van der Waals surface area contributed by atoms with Crippen LogP contribution in [0.3, 0.4) is 0 Å². The summed E-state index contributed by atoms with van der Waals surface area (Å²) in [5.74, 6) is 2.38. The molecule has 1 aliphatic rings. The van der Waals surface area contributed by atoms with Crippen molar-refractivity contribution in [3.8, 4) is 5.75 Å². The monoisotopic (exact) mass is 293 g/mol. The van der Waals surface area contributed by atoms with Gasteiger partial charge in [-0.2, -0.15) is 0 Å². The first-order chi connectivity index (χ1) is 10.2. The van der Waals surface area contributed by atoms with Crippen molar-refractivity contribution in [3.63, 3.8) is 0 Å². The SMILES string of the molecule is CC.CNCC1CCCN1c1cc(OC)cc(C(C)C)n1. The van der Waals surface area contributed by atoms with Gasteiger partial charge in [0.05, 0.1) is 7.11 Å². The third-order valence-electron chi connectivity index (χ3n) is 3.74. The number of nitrogens with zero attached hydrogens (tertiary/aromatic N) is 2. The van der Waals surface area contributed by atoms with Gasteiger partial charge in [0.2, 0.25) is 0 Å². The number of methoxy groups -OCH3 is 1. The summed E-state index contributed by atoms with van der Waals surface area (Å²) in [5.41, 5.74) is 1.10. The second kappa shape index (κ2) is 8.88. The zero-order valence-electron chi connectivity index (χ0n) is 14.4. The van der Waals surface area contributed by atoms with Gasteiger partial charge in [0.1, 0.15) is 11.6 Å². The summed E-state index contributed by atoms with van der Waals surface area (Å²) in [4.78, 5) is 7.22. The summed E-state index contributed by atoms with van der Waals surface area (Å²) >= 11 is 0. The molecule has 0 aliphatic carbocycles. The molecule has 1 N–H and O–H groups in total. The third kappa shape index (κ3) is 4.60. The molecular formula is C17H31N3O. The van der Waals surface area contributed by atoms with E-state index in [1.807, 2.05) is 27.0 Å². The number of pyridine rings is 1. The number of hydrogen-bond donors (Lipinski definition) is 1. The van der Waals surface area contributed by atoms with Crippen molar-refractivity contribution in [2.75, 3.05) is 32.1 Å². The van der Waals surface area contributed by atoms with Crippen molar-refractivity contribution in [2.24, 2.45) is 0 Å². The lowest BCUT2D eigenvalue weighted by atomic mass is 10.1. The molecule has 1 saturated heterocycles. The quantitative estimate of drug-likeness (QED) is 0.902. The molecule has 21 heavy (non-hydrogen) atoms. The minimum Gasteiger partial charge on any atom is -0.497 e. The number of anilines is 1. The molecule has 2 heterocycles. The maximum atomic E-state index is 5.42. The van der Waals surface area contributed by atoms with Gasteiger partial charge < -0.3 is 15.0 Å². The first-order valence-electron chi connectivity index (χ1n) is 8.13. The first-order valence-corrected chi connectivity index (χ1v) is 8.13. The molecule has 4 nitrogen and oxygen atoms in total. The Bertz CT molecular complexity index is 420. The highest BCUT2D eigenvalue weighted by Gasteiger charge is 2.25. The number of rotatable bonds is 5. The molecular weight excluding hydrogens is 262 g/mol. The van der Waals surface area contributed by atoms with Gasteiger partial charge in [0.15, 0.2) is 0 Å². The molecule has 1 unspecified atom stereocenters. The van der Waals surface area contributed by atoms with Crippen LogP contribution in [0, 0.1) is 0 Å². The van der Waals surface area contributed by atoms with E-state index in [0.29, 0.717) is 12.0 Å². The number of nitrogens with one attached hydrogen (secondary N) is 1. The van der Waals surface area contributed by atoms with Gasteiger partial charge in [0, 0.05) is 37.0 Å². The van der Waals surface area contributed by atoms with Crippen LogP contribution in [0.1, 0.15) is 52.1 Å². The van der Waals surface area contributed by atoms with E-state index < -0.39 is 0 Å². The number of aromatic nitrogens is 1. The van der Waals surface area contributed by atoms with E-state index in [9.17, 15) is 0 Å². The summed E-state index contributed by atoms with van der Waals surface area (Å²) in [6.07, 6.45) is 2.47. The van der Waals surface area contributed by atoms with E-state index in [0.717, 1.165) is 30.4 Å². The molecule has 1 aromatic heterocycles. The van der Waals surface area contributed by atoms with Gasteiger partial charge in [-0.15, -0.1) is 0 Å². The Balaban J connectivity index is 0.00000106. The Hall–Kier alpha value is -1.29. The Kier molecular flexibility index (Phi) is 7.51. The van der Waals surface area contributed by atoms with Crippen LogP contribution in [0.15, 0.2) is 12.1 Å². The van der Waals surface area contributed by atoms with Crippen LogP contribution in [-0.2, 0) is 0 Å². The molecule has 1 fully saturated rings. The molecule has 1 aliphatic heterocycles. The average Bonchev–Trinajstić information content (AvgIpc) is 2.97. The minimum absolute atomic E-state index is 0.416. The van der Waals surface area contributed by atoms with Gasteiger partial charge in [-0.3, -0.25) is 0 Å². The molecule has 1 aromatic rings. The molecule has 120 valence electrons. The van der Waals surface area contributed by atoms with Crippen LogP contribution >= 0.6 is 0 Å². The molecule has 0 radical (unpaired) electrons. The minimum atomic E-state index is 0.416. The van der Waals surface area contributed by atoms with Crippen LogP contribution in [0.5, 0.6) is 5.75 Å². The molecule has 0 amide bonds. The molecule has 1 atom stereocenters. The molecule has 0 saturated carbocycles.